The zero-order valence-corrected chi connectivity index (χ0v) is 4.99. The van der Waals surface area contributed by atoms with E-state index in [1.807, 2.05) is 0 Å². The van der Waals surface area contributed by atoms with Crippen LogP contribution in [0.25, 0.3) is 0 Å². The average Bonchev–Trinajstić information content (AvgIpc) is 2.13. The van der Waals surface area contributed by atoms with Crippen molar-refractivity contribution in [3.8, 4) is 0 Å². The summed E-state index contributed by atoms with van der Waals surface area (Å²) in [6, 6.07) is 1.10. The average molecular weight is 144 g/mol. The van der Waals surface area contributed by atoms with Crippen LogP contribution in [0.5, 0.6) is 0 Å². The van der Waals surface area contributed by atoms with E-state index in [1.165, 1.54) is 6.20 Å². The Balaban J connectivity index is 2.67. The largest absolute Gasteiger partial charge is 0.480 e. The molecule has 0 atom stereocenters. The van der Waals surface area contributed by atoms with Gasteiger partial charge in [-0.2, -0.15) is 4.39 Å². The van der Waals surface area contributed by atoms with Crippen molar-refractivity contribution >= 4 is 5.97 Å². The van der Waals surface area contributed by atoms with Crippen LogP contribution in [0.15, 0.2) is 12.3 Å². The highest BCUT2D eigenvalue weighted by atomic mass is 19.1. The molecular weight excluding hydrogens is 139 g/mol. The molecule has 1 rings (SSSR count). The Hall–Kier alpha value is -1.39. The Bertz CT molecular complexity index is 246. The van der Waals surface area contributed by atoms with Gasteiger partial charge in [0.05, 0.1) is 0 Å². The van der Waals surface area contributed by atoms with Crippen LogP contribution in [-0.2, 0) is 11.3 Å². The maximum Gasteiger partial charge on any atom is 0.325 e. The predicted molar refractivity (Wildman–Crippen MR) is 29.8 cm³/mol. The summed E-state index contributed by atoms with van der Waals surface area (Å²) in [5.74, 6) is -1.70. The number of hydrogen-bond donors (Lipinski definition) is 1. The lowest BCUT2D eigenvalue weighted by Gasteiger charge is -1.91. The summed E-state index contributed by atoms with van der Waals surface area (Å²) in [6.45, 7) is -0.302. The van der Waals surface area contributed by atoms with E-state index in [0.29, 0.717) is 0 Å². The molecule has 1 N–H and O–H groups in total. The summed E-state index contributed by atoms with van der Waals surface area (Å²) < 4.78 is 13.1. The summed E-state index contributed by atoms with van der Waals surface area (Å²) >= 11 is 0. The van der Waals surface area contributed by atoms with Crippen molar-refractivity contribution in [1.29, 1.82) is 0 Å². The molecule has 4 nitrogen and oxygen atoms in total. The molecular formula is C5H5FN2O2. The second-order valence-electron chi connectivity index (χ2n) is 1.73. The number of carboxylic acids is 1. The summed E-state index contributed by atoms with van der Waals surface area (Å²) in [7, 11) is 0. The molecule has 0 saturated heterocycles. The van der Waals surface area contributed by atoms with Gasteiger partial charge in [0.1, 0.15) is 6.54 Å². The molecule has 0 aliphatic heterocycles. The first-order valence-electron chi connectivity index (χ1n) is 2.59. The number of aromatic nitrogens is 2. The lowest BCUT2D eigenvalue weighted by atomic mass is 10.6. The zero-order chi connectivity index (χ0) is 7.56. The van der Waals surface area contributed by atoms with Crippen LogP contribution in [0.1, 0.15) is 0 Å². The molecule has 0 saturated carbocycles. The lowest BCUT2D eigenvalue weighted by molar-refractivity contribution is -0.137. The maximum atomic E-state index is 12.1. The third-order valence-electron chi connectivity index (χ3n) is 0.905. The van der Waals surface area contributed by atoms with Crippen molar-refractivity contribution < 1.29 is 14.3 Å². The molecule has 0 radical (unpaired) electrons. The summed E-state index contributed by atoms with van der Waals surface area (Å²) in [5.41, 5.74) is 0. The predicted octanol–water partition coefficient (Wildman–Crippen LogP) is 0.107. The van der Waals surface area contributed by atoms with Crippen molar-refractivity contribution in [2.75, 3.05) is 0 Å². The van der Waals surface area contributed by atoms with Crippen LogP contribution in [-0.4, -0.2) is 20.9 Å². The van der Waals surface area contributed by atoms with Gasteiger partial charge in [-0.05, 0) is 0 Å². The number of carbonyl (C=O) groups is 1. The van der Waals surface area contributed by atoms with Crippen LogP contribution >= 0.6 is 0 Å². The molecule has 54 valence electrons. The standard InChI is InChI=1S/C5H5FN2O2/c6-4-1-2-8(7-4)3-5(9)10/h1-2H,3H2,(H,9,10). The number of hydrogen-bond acceptors (Lipinski definition) is 2. The molecule has 0 aliphatic rings. The Morgan fingerprint density at radius 2 is 2.60 bits per heavy atom. The van der Waals surface area contributed by atoms with Gasteiger partial charge in [0.2, 0.25) is 5.95 Å². The van der Waals surface area contributed by atoms with E-state index >= 15 is 0 Å². The highest BCUT2D eigenvalue weighted by Gasteiger charge is 2.00. The summed E-state index contributed by atoms with van der Waals surface area (Å²) in [4.78, 5) is 9.99. The van der Waals surface area contributed by atoms with Gasteiger partial charge in [-0.15, -0.1) is 5.10 Å². The smallest absolute Gasteiger partial charge is 0.325 e. The number of halogens is 1. The Kier molecular flexibility index (Phi) is 1.66. The first-order chi connectivity index (χ1) is 4.68. The Labute approximate surface area is 55.9 Å². The van der Waals surface area contributed by atoms with Crippen molar-refractivity contribution in [2.45, 2.75) is 6.54 Å². The van der Waals surface area contributed by atoms with Gasteiger partial charge in [0, 0.05) is 12.3 Å². The molecule has 0 aliphatic carbocycles. The van der Waals surface area contributed by atoms with Crippen LogP contribution in [0.2, 0.25) is 0 Å². The fourth-order valence-electron chi connectivity index (χ4n) is 0.564. The van der Waals surface area contributed by atoms with Gasteiger partial charge >= 0.3 is 5.97 Å². The minimum atomic E-state index is -1.04. The SMILES string of the molecule is O=C(O)Cn1ccc(F)n1. The third kappa shape index (κ3) is 1.54. The van der Waals surface area contributed by atoms with Crippen LogP contribution in [0, 0.1) is 5.95 Å². The van der Waals surface area contributed by atoms with Crippen LogP contribution in [0.3, 0.4) is 0 Å². The molecule has 0 unspecified atom stereocenters. The maximum absolute atomic E-state index is 12.1. The van der Waals surface area contributed by atoms with E-state index in [1.54, 1.807) is 0 Å². The van der Waals surface area contributed by atoms with E-state index in [-0.39, 0.29) is 6.54 Å². The molecule has 0 amide bonds. The fraction of sp³-hybridized carbons (Fsp3) is 0.200. The summed E-state index contributed by atoms with van der Waals surface area (Å²) in [6.07, 6.45) is 1.27. The van der Waals surface area contributed by atoms with Crippen molar-refractivity contribution in [1.82, 2.24) is 9.78 Å². The molecule has 0 fully saturated rings. The number of rotatable bonds is 2. The Morgan fingerprint density at radius 1 is 1.90 bits per heavy atom. The van der Waals surface area contributed by atoms with Crippen LogP contribution < -0.4 is 0 Å². The van der Waals surface area contributed by atoms with E-state index < -0.39 is 11.9 Å². The van der Waals surface area contributed by atoms with Crippen molar-refractivity contribution in [3.05, 3.63) is 18.2 Å². The van der Waals surface area contributed by atoms with Gasteiger partial charge in [-0.25, -0.2) is 0 Å². The van der Waals surface area contributed by atoms with E-state index in [2.05, 4.69) is 5.10 Å². The molecule has 5 heteroatoms. The Morgan fingerprint density at radius 3 is 3.00 bits per heavy atom. The van der Waals surface area contributed by atoms with Crippen LogP contribution in [0.4, 0.5) is 4.39 Å². The van der Waals surface area contributed by atoms with E-state index in [4.69, 9.17) is 5.11 Å². The highest BCUT2D eigenvalue weighted by molar-refractivity contribution is 5.66. The van der Waals surface area contributed by atoms with Crippen molar-refractivity contribution in [2.24, 2.45) is 0 Å². The molecule has 0 aromatic carbocycles. The third-order valence-corrected chi connectivity index (χ3v) is 0.905. The van der Waals surface area contributed by atoms with Gasteiger partial charge in [-0.1, -0.05) is 0 Å². The summed E-state index contributed by atoms with van der Waals surface area (Å²) in [5, 5.41) is 11.4. The second kappa shape index (κ2) is 2.47. The monoisotopic (exact) mass is 144 g/mol. The molecule has 1 aromatic rings. The molecule has 0 spiro atoms. The fourth-order valence-corrected chi connectivity index (χ4v) is 0.564. The normalized spacial score (nSPS) is 9.70. The van der Waals surface area contributed by atoms with E-state index in [9.17, 15) is 9.18 Å². The minimum absolute atomic E-state index is 0.302. The van der Waals surface area contributed by atoms with Crippen molar-refractivity contribution in [3.63, 3.8) is 0 Å². The topological polar surface area (TPSA) is 55.1 Å². The first kappa shape index (κ1) is 6.73. The molecule has 1 heterocycles. The molecule has 0 bridgehead atoms. The second-order valence-corrected chi connectivity index (χ2v) is 1.73. The highest BCUT2D eigenvalue weighted by Crippen LogP contribution is 1.90. The van der Waals surface area contributed by atoms with Gasteiger partial charge in [-0.3, -0.25) is 9.48 Å². The number of nitrogens with zero attached hydrogens (tertiary/aromatic N) is 2. The van der Waals surface area contributed by atoms with Gasteiger partial charge in [0.25, 0.3) is 0 Å². The molecule has 10 heavy (non-hydrogen) atoms. The van der Waals surface area contributed by atoms with E-state index in [0.717, 1.165) is 10.7 Å². The minimum Gasteiger partial charge on any atom is -0.480 e. The molecule has 1 aromatic heterocycles. The van der Waals surface area contributed by atoms with Gasteiger partial charge in [0.15, 0.2) is 0 Å². The lowest BCUT2D eigenvalue weighted by Crippen LogP contribution is -2.08. The first-order valence-corrected chi connectivity index (χ1v) is 2.59. The number of carboxylic acid groups (broad SMARTS) is 1. The quantitative estimate of drug-likeness (QED) is 0.640. The van der Waals surface area contributed by atoms with Gasteiger partial charge < -0.3 is 5.11 Å². The zero-order valence-electron chi connectivity index (χ0n) is 4.99. The number of aliphatic carboxylic acids is 1.